The van der Waals surface area contributed by atoms with Crippen LogP contribution in [0.15, 0.2) is 65.6 Å². The highest BCUT2D eigenvalue weighted by molar-refractivity contribution is 8.22. The van der Waals surface area contributed by atoms with Gasteiger partial charge in [-0.05, 0) is 53.9 Å². The first-order valence-electron chi connectivity index (χ1n) is 12.1. The summed E-state index contributed by atoms with van der Waals surface area (Å²) < 4.78 is 36.9. The molecule has 0 amide bonds. The molecule has 11 heteroatoms. The van der Waals surface area contributed by atoms with Crippen LogP contribution in [0.3, 0.4) is 0 Å². The molecule has 0 bridgehead atoms. The minimum Gasteiger partial charge on any atom is -0.487 e. The SMILES string of the molecule is COC(=O)CC(c1ccc(Cl)c(CN2CC(C)Oc3ccccc3S2(O)O)c1)c1ccc2c(c1)nnn2C. The lowest BCUT2D eigenvalue weighted by atomic mass is 9.87. The number of methoxy groups -OCH3 is 1. The molecule has 0 fully saturated rings. The summed E-state index contributed by atoms with van der Waals surface area (Å²) in [5, 5.41) is 8.78. The van der Waals surface area contributed by atoms with Crippen molar-refractivity contribution in [1.29, 1.82) is 0 Å². The van der Waals surface area contributed by atoms with Gasteiger partial charge in [0.2, 0.25) is 0 Å². The fraction of sp³-hybridized carbons (Fsp3) is 0.296. The largest absolute Gasteiger partial charge is 0.487 e. The van der Waals surface area contributed by atoms with Crippen LogP contribution in [0.1, 0.15) is 36.0 Å². The molecular weight excluding hydrogens is 528 g/mol. The lowest BCUT2D eigenvalue weighted by Gasteiger charge is -2.41. The van der Waals surface area contributed by atoms with Gasteiger partial charge in [-0.2, -0.15) is 4.31 Å². The number of carbonyl (C=O) groups excluding carboxylic acids is 1. The molecule has 0 spiro atoms. The number of para-hydroxylation sites is 1. The van der Waals surface area contributed by atoms with Gasteiger partial charge in [0, 0.05) is 24.5 Å². The monoisotopic (exact) mass is 556 g/mol. The van der Waals surface area contributed by atoms with Gasteiger partial charge in [-0.15, -0.1) is 15.9 Å². The lowest BCUT2D eigenvalue weighted by Crippen LogP contribution is -2.33. The number of fused-ring (bicyclic) bond motifs is 2. The average molecular weight is 557 g/mol. The van der Waals surface area contributed by atoms with Crippen molar-refractivity contribution in [3.05, 3.63) is 82.4 Å². The molecule has 2 unspecified atom stereocenters. The minimum atomic E-state index is -3.34. The Bertz CT molecular complexity index is 1490. The van der Waals surface area contributed by atoms with E-state index < -0.39 is 10.8 Å². The third-order valence-corrected chi connectivity index (χ3v) is 9.04. The molecular formula is C27H29ClN4O5S. The molecule has 4 aromatic rings. The molecule has 0 saturated carbocycles. The van der Waals surface area contributed by atoms with Gasteiger partial charge in [0.15, 0.2) is 0 Å². The predicted molar refractivity (Wildman–Crippen MR) is 146 cm³/mol. The molecule has 2 heterocycles. The Kier molecular flexibility index (Phi) is 7.34. The van der Waals surface area contributed by atoms with Gasteiger partial charge in [0.05, 0.1) is 25.6 Å². The second kappa shape index (κ2) is 10.5. The van der Waals surface area contributed by atoms with Gasteiger partial charge < -0.3 is 9.47 Å². The number of halogens is 1. The normalized spacial score (nSPS) is 18.7. The minimum absolute atomic E-state index is 0.112. The van der Waals surface area contributed by atoms with E-state index in [1.807, 2.05) is 44.3 Å². The Hall–Kier alpha value is -3.15. The number of hydrogen-bond donors (Lipinski definition) is 2. The van der Waals surface area contributed by atoms with Crippen LogP contribution in [0.25, 0.3) is 11.0 Å². The fourth-order valence-corrected chi connectivity index (χ4v) is 6.63. The molecule has 0 aliphatic carbocycles. The molecule has 1 aromatic heterocycles. The average Bonchev–Trinajstić information content (AvgIpc) is 3.23. The number of nitrogens with zero attached hydrogens (tertiary/aromatic N) is 4. The van der Waals surface area contributed by atoms with Crippen LogP contribution in [-0.4, -0.2) is 54.1 Å². The molecule has 0 radical (unpaired) electrons. The first kappa shape index (κ1) is 26.5. The van der Waals surface area contributed by atoms with Crippen molar-refractivity contribution in [2.75, 3.05) is 13.7 Å². The van der Waals surface area contributed by atoms with E-state index in [9.17, 15) is 13.9 Å². The van der Waals surface area contributed by atoms with Crippen molar-refractivity contribution < 1.29 is 23.4 Å². The summed E-state index contributed by atoms with van der Waals surface area (Å²) in [7, 11) is -0.151. The van der Waals surface area contributed by atoms with Gasteiger partial charge in [-0.3, -0.25) is 13.9 Å². The zero-order valence-electron chi connectivity index (χ0n) is 21.2. The molecule has 1 aliphatic rings. The van der Waals surface area contributed by atoms with Crippen molar-refractivity contribution in [1.82, 2.24) is 19.3 Å². The van der Waals surface area contributed by atoms with E-state index in [-0.39, 0.29) is 37.5 Å². The van der Waals surface area contributed by atoms with Crippen molar-refractivity contribution >= 4 is 39.4 Å². The van der Waals surface area contributed by atoms with E-state index >= 15 is 0 Å². The summed E-state index contributed by atoms with van der Waals surface area (Å²) in [4.78, 5) is 12.8. The zero-order valence-corrected chi connectivity index (χ0v) is 22.8. The van der Waals surface area contributed by atoms with Crippen LogP contribution >= 0.6 is 22.4 Å². The third kappa shape index (κ3) is 5.10. The Morgan fingerprint density at radius 1 is 1.18 bits per heavy atom. The van der Waals surface area contributed by atoms with E-state index in [1.54, 1.807) is 39.3 Å². The van der Waals surface area contributed by atoms with Crippen LogP contribution in [0, 0.1) is 0 Å². The number of ether oxygens (including phenoxy) is 2. The predicted octanol–water partition coefficient (Wildman–Crippen LogP) is 5.62. The first-order chi connectivity index (χ1) is 18.2. The second-order valence-corrected chi connectivity index (χ2v) is 11.8. The summed E-state index contributed by atoms with van der Waals surface area (Å²) >= 11 is 6.63. The highest BCUT2D eigenvalue weighted by Gasteiger charge is 2.34. The van der Waals surface area contributed by atoms with Gasteiger partial charge in [0.25, 0.3) is 0 Å². The summed E-state index contributed by atoms with van der Waals surface area (Å²) in [5.41, 5.74) is 4.03. The number of esters is 1. The zero-order chi connectivity index (χ0) is 27.0. The van der Waals surface area contributed by atoms with E-state index in [0.29, 0.717) is 21.2 Å². The van der Waals surface area contributed by atoms with Crippen LogP contribution in [0.5, 0.6) is 5.75 Å². The van der Waals surface area contributed by atoms with Gasteiger partial charge in [0.1, 0.15) is 22.3 Å². The maximum atomic E-state index is 12.4. The Morgan fingerprint density at radius 2 is 1.92 bits per heavy atom. The summed E-state index contributed by atoms with van der Waals surface area (Å²) in [6.07, 6.45) is -0.168. The number of benzene rings is 3. The van der Waals surface area contributed by atoms with Crippen molar-refractivity contribution in [3.8, 4) is 5.75 Å². The molecule has 2 atom stereocenters. The third-order valence-electron chi connectivity index (χ3n) is 6.75. The molecule has 1 aliphatic heterocycles. The number of hydrogen-bond acceptors (Lipinski definition) is 8. The first-order valence-corrected chi connectivity index (χ1v) is 14.0. The van der Waals surface area contributed by atoms with E-state index in [4.69, 9.17) is 21.1 Å². The molecule has 2 N–H and O–H groups in total. The highest BCUT2D eigenvalue weighted by atomic mass is 35.5. The maximum absolute atomic E-state index is 12.4. The molecule has 5 rings (SSSR count). The molecule has 3 aromatic carbocycles. The van der Waals surface area contributed by atoms with Gasteiger partial charge in [-0.25, -0.2) is 4.68 Å². The summed E-state index contributed by atoms with van der Waals surface area (Å²) in [5.74, 6) is -0.229. The second-order valence-electron chi connectivity index (χ2n) is 9.36. The summed E-state index contributed by atoms with van der Waals surface area (Å²) in [6.45, 7) is 2.34. The Labute approximate surface area is 227 Å². The quantitative estimate of drug-likeness (QED) is 0.294. The molecule has 200 valence electrons. The van der Waals surface area contributed by atoms with Crippen molar-refractivity contribution in [2.24, 2.45) is 7.05 Å². The highest BCUT2D eigenvalue weighted by Crippen LogP contribution is 2.57. The maximum Gasteiger partial charge on any atom is 0.306 e. The van der Waals surface area contributed by atoms with E-state index in [2.05, 4.69) is 10.3 Å². The van der Waals surface area contributed by atoms with Gasteiger partial charge >= 0.3 is 5.97 Å². The molecule has 38 heavy (non-hydrogen) atoms. The number of carbonyl (C=O) groups is 1. The lowest BCUT2D eigenvalue weighted by molar-refractivity contribution is -0.140. The topological polar surface area (TPSA) is 110 Å². The summed E-state index contributed by atoms with van der Waals surface area (Å²) in [6, 6.07) is 18.3. The van der Waals surface area contributed by atoms with Crippen LogP contribution in [0.4, 0.5) is 0 Å². The fourth-order valence-electron chi connectivity index (χ4n) is 4.79. The number of rotatable bonds is 6. The van der Waals surface area contributed by atoms with Crippen LogP contribution in [0.2, 0.25) is 5.02 Å². The van der Waals surface area contributed by atoms with Crippen LogP contribution < -0.4 is 4.74 Å². The van der Waals surface area contributed by atoms with Crippen molar-refractivity contribution in [3.63, 3.8) is 0 Å². The smallest absolute Gasteiger partial charge is 0.306 e. The van der Waals surface area contributed by atoms with Gasteiger partial charge in [-0.1, -0.05) is 47.1 Å². The number of aromatic nitrogens is 3. The van der Waals surface area contributed by atoms with Crippen molar-refractivity contribution in [2.45, 2.75) is 36.8 Å². The number of aryl methyl sites for hydroxylation is 1. The molecule has 9 nitrogen and oxygen atoms in total. The Morgan fingerprint density at radius 3 is 2.71 bits per heavy atom. The van der Waals surface area contributed by atoms with E-state index in [0.717, 1.165) is 22.2 Å². The molecule has 0 saturated heterocycles. The standard InChI is InChI=1S/C27H29ClN4O5S/c1-17-15-32(38(34,35)26-7-5-4-6-25(26)37-17)16-20-12-18(8-10-22(20)28)21(14-27(33)36-3)19-9-11-24-23(13-19)29-30-31(24)2/h4-13,17,21,34-35H,14-16H2,1-3H3. The van der Waals surface area contributed by atoms with E-state index in [1.165, 1.54) is 7.11 Å². The van der Waals surface area contributed by atoms with Crippen LogP contribution in [-0.2, 0) is 23.1 Å². The Balaban J connectivity index is 1.52.